The van der Waals surface area contributed by atoms with E-state index in [0.717, 1.165) is 38.5 Å². The van der Waals surface area contributed by atoms with Crippen LogP contribution in [0.2, 0.25) is 0 Å². The third kappa shape index (κ3) is 3.45. The zero-order chi connectivity index (χ0) is 15.9. The van der Waals surface area contributed by atoms with E-state index in [9.17, 15) is 4.79 Å². The van der Waals surface area contributed by atoms with Crippen LogP contribution >= 0.6 is 12.4 Å². The molecule has 3 heterocycles. The monoisotopic (exact) mass is 354 g/mol. The lowest BCUT2D eigenvalue weighted by Gasteiger charge is -2.31. The third-order valence-electron chi connectivity index (χ3n) is 5.84. The SMILES string of the molecule is Cc1nc(C2(NC(=O)CC3CC4CCC(C3)N4)CCCC2)no1.Cl. The van der Waals surface area contributed by atoms with Gasteiger partial charge in [0.15, 0.2) is 5.82 Å². The zero-order valence-corrected chi connectivity index (χ0v) is 15.0. The van der Waals surface area contributed by atoms with E-state index >= 15 is 0 Å². The summed E-state index contributed by atoms with van der Waals surface area (Å²) in [6.07, 6.45) is 9.48. The van der Waals surface area contributed by atoms with Gasteiger partial charge in [0.1, 0.15) is 5.54 Å². The van der Waals surface area contributed by atoms with Crippen LogP contribution in [0.4, 0.5) is 0 Å². The Labute approximate surface area is 148 Å². The standard InChI is InChI=1S/C17H26N4O2.ClH/c1-11-18-16(21-23-11)17(6-2-3-7-17)20-15(22)10-12-8-13-4-5-14(9-12)19-13;/h12-14,19H,2-10H2,1H3,(H,20,22);1H. The van der Waals surface area contributed by atoms with Crippen molar-refractivity contribution < 1.29 is 9.32 Å². The number of fused-ring (bicyclic) bond motifs is 2. The highest BCUT2D eigenvalue weighted by atomic mass is 35.5. The van der Waals surface area contributed by atoms with Gasteiger partial charge in [-0.05, 0) is 44.4 Å². The molecule has 2 bridgehead atoms. The molecule has 134 valence electrons. The number of halogens is 1. The Kier molecular flexibility index (Phi) is 5.16. The second-order valence-corrected chi connectivity index (χ2v) is 7.65. The number of aromatic nitrogens is 2. The van der Waals surface area contributed by atoms with Gasteiger partial charge in [0, 0.05) is 25.4 Å². The first-order chi connectivity index (χ1) is 11.1. The lowest BCUT2D eigenvalue weighted by molar-refractivity contribution is -0.124. The number of piperidine rings is 1. The highest BCUT2D eigenvalue weighted by Crippen LogP contribution is 2.38. The molecule has 6 nitrogen and oxygen atoms in total. The topological polar surface area (TPSA) is 80.0 Å². The molecule has 1 aromatic rings. The first-order valence-corrected chi connectivity index (χ1v) is 9.01. The molecule has 1 amide bonds. The fraction of sp³-hybridized carbons (Fsp3) is 0.824. The number of aryl methyl sites for hydroxylation is 1. The number of hydrogen-bond donors (Lipinski definition) is 2. The summed E-state index contributed by atoms with van der Waals surface area (Å²) in [4.78, 5) is 17.1. The van der Waals surface area contributed by atoms with Crippen LogP contribution in [-0.2, 0) is 10.3 Å². The molecule has 0 radical (unpaired) electrons. The van der Waals surface area contributed by atoms with E-state index in [1.165, 1.54) is 12.8 Å². The van der Waals surface area contributed by atoms with E-state index in [1.807, 2.05) is 0 Å². The van der Waals surface area contributed by atoms with Crippen molar-refractivity contribution in [2.24, 2.45) is 5.92 Å². The Balaban J connectivity index is 0.00000169. The second kappa shape index (κ2) is 7.00. The van der Waals surface area contributed by atoms with Gasteiger partial charge in [-0.15, -0.1) is 12.4 Å². The average molecular weight is 355 g/mol. The zero-order valence-electron chi connectivity index (χ0n) is 14.2. The van der Waals surface area contributed by atoms with Gasteiger partial charge in [-0.3, -0.25) is 4.79 Å². The van der Waals surface area contributed by atoms with Gasteiger partial charge < -0.3 is 15.2 Å². The maximum absolute atomic E-state index is 12.7. The summed E-state index contributed by atoms with van der Waals surface area (Å²) in [7, 11) is 0. The highest BCUT2D eigenvalue weighted by Gasteiger charge is 2.42. The summed E-state index contributed by atoms with van der Waals surface area (Å²) in [5.41, 5.74) is -0.402. The van der Waals surface area contributed by atoms with Gasteiger partial charge in [0.25, 0.3) is 0 Å². The number of carbonyl (C=O) groups excluding carboxylic acids is 1. The number of amides is 1. The summed E-state index contributed by atoms with van der Waals surface area (Å²) in [6.45, 7) is 1.80. The van der Waals surface area contributed by atoms with E-state index in [0.29, 0.717) is 36.1 Å². The molecule has 2 N–H and O–H groups in total. The fourth-order valence-corrected chi connectivity index (χ4v) is 4.80. The van der Waals surface area contributed by atoms with Crippen LogP contribution in [0.15, 0.2) is 4.52 Å². The van der Waals surface area contributed by atoms with Gasteiger partial charge in [-0.25, -0.2) is 0 Å². The van der Waals surface area contributed by atoms with E-state index in [1.54, 1.807) is 6.92 Å². The van der Waals surface area contributed by atoms with Crippen molar-refractivity contribution in [1.82, 2.24) is 20.8 Å². The molecule has 4 rings (SSSR count). The van der Waals surface area contributed by atoms with Crippen molar-refractivity contribution >= 4 is 18.3 Å². The van der Waals surface area contributed by atoms with Crippen molar-refractivity contribution in [3.05, 3.63) is 11.7 Å². The molecule has 7 heteroatoms. The van der Waals surface area contributed by atoms with Crippen LogP contribution in [0.5, 0.6) is 0 Å². The summed E-state index contributed by atoms with van der Waals surface area (Å²) < 4.78 is 5.15. The van der Waals surface area contributed by atoms with Crippen LogP contribution < -0.4 is 10.6 Å². The molecule has 2 atom stereocenters. The lowest BCUT2D eigenvalue weighted by atomic mass is 9.88. The van der Waals surface area contributed by atoms with Gasteiger partial charge in [-0.2, -0.15) is 4.98 Å². The molecule has 2 unspecified atom stereocenters. The minimum Gasteiger partial charge on any atom is -0.343 e. The molecule has 1 aromatic heterocycles. The summed E-state index contributed by atoms with van der Waals surface area (Å²) >= 11 is 0. The molecule has 2 aliphatic heterocycles. The largest absolute Gasteiger partial charge is 0.343 e. The van der Waals surface area contributed by atoms with Crippen molar-refractivity contribution in [3.63, 3.8) is 0 Å². The first kappa shape index (κ1) is 17.7. The second-order valence-electron chi connectivity index (χ2n) is 7.65. The number of nitrogens with zero attached hydrogens (tertiary/aromatic N) is 2. The van der Waals surface area contributed by atoms with Crippen molar-refractivity contribution in [3.8, 4) is 0 Å². The Morgan fingerprint density at radius 3 is 2.54 bits per heavy atom. The molecule has 0 aromatic carbocycles. The van der Waals surface area contributed by atoms with Crippen molar-refractivity contribution in [2.75, 3.05) is 0 Å². The molecule has 2 saturated heterocycles. The quantitative estimate of drug-likeness (QED) is 0.868. The minimum absolute atomic E-state index is 0. The average Bonchev–Trinajstić information content (AvgIpc) is 3.21. The van der Waals surface area contributed by atoms with E-state index in [2.05, 4.69) is 20.8 Å². The number of nitrogens with one attached hydrogen (secondary N) is 2. The van der Waals surface area contributed by atoms with Gasteiger partial charge in [0.05, 0.1) is 0 Å². The van der Waals surface area contributed by atoms with Crippen LogP contribution in [0.1, 0.15) is 69.5 Å². The molecule has 24 heavy (non-hydrogen) atoms. The predicted molar refractivity (Wildman–Crippen MR) is 91.9 cm³/mol. The highest BCUT2D eigenvalue weighted by molar-refractivity contribution is 5.85. The van der Waals surface area contributed by atoms with Crippen LogP contribution in [0, 0.1) is 12.8 Å². The van der Waals surface area contributed by atoms with E-state index in [-0.39, 0.29) is 18.3 Å². The Morgan fingerprint density at radius 2 is 1.96 bits per heavy atom. The molecule has 3 fully saturated rings. The molecular weight excluding hydrogens is 328 g/mol. The smallest absolute Gasteiger partial charge is 0.223 e. The fourth-order valence-electron chi connectivity index (χ4n) is 4.80. The van der Waals surface area contributed by atoms with Crippen LogP contribution in [0.3, 0.4) is 0 Å². The molecule has 1 saturated carbocycles. The van der Waals surface area contributed by atoms with Crippen LogP contribution in [-0.4, -0.2) is 28.1 Å². The Bertz CT molecular complexity index is 573. The van der Waals surface area contributed by atoms with Crippen LogP contribution in [0.25, 0.3) is 0 Å². The summed E-state index contributed by atoms with van der Waals surface area (Å²) in [5.74, 6) is 1.89. The molecule has 1 aliphatic carbocycles. The van der Waals surface area contributed by atoms with Crippen molar-refractivity contribution in [2.45, 2.75) is 82.3 Å². The Hall–Kier alpha value is -1.14. The number of carbonyl (C=O) groups is 1. The first-order valence-electron chi connectivity index (χ1n) is 9.01. The van der Waals surface area contributed by atoms with E-state index in [4.69, 9.17) is 4.52 Å². The normalized spacial score (nSPS) is 30.8. The number of rotatable bonds is 4. The maximum Gasteiger partial charge on any atom is 0.223 e. The molecule has 3 aliphatic rings. The summed E-state index contributed by atoms with van der Waals surface area (Å²) in [6, 6.07) is 1.26. The lowest BCUT2D eigenvalue weighted by Crippen LogP contribution is -2.46. The molecule has 0 spiro atoms. The Morgan fingerprint density at radius 1 is 1.29 bits per heavy atom. The third-order valence-corrected chi connectivity index (χ3v) is 5.84. The maximum atomic E-state index is 12.7. The van der Waals surface area contributed by atoms with Gasteiger partial charge >= 0.3 is 0 Å². The van der Waals surface area contributed by atoms with E-state index < -0.39 is 5.54 Å². The number of hydrogen-bond acceptors (Lipinski definition) is 5. The summed E-state index contributed by atoms with van der Waals surface area (Å²) in [5, 5.41) is 11.0. The predicted octanol–water partition coefficient (Wildman–Crippen LogP) is 2.61. The minimum atomic E-state index is -0.402. The van der Waals surface area contributed by atoms with Gasteiger partial charge in [-0.1, -0.05) is 18.0 Å². The molecular formula is C17H27ClN4O2. The van der Waals surface area contributed by atoms with Crippen molar-refractivity contribution in [1.29, 1.82) is 0 Å². The van der Waals surface area contributed by atoms with Gasteiger partial charge in [0.2, 0.25) is 11.8 Å².